The standard InChI is InChI=1S/C42H25BN2O2/c1-3-14-26(15-4-1)44-33-23-13-24-34-38(33)43(37-32-22-11-12-25-35(32)46-42(37)45(34)27-16-5-2-6-17-27)41-39(44)36-30-20-9-7-18-28(30)29-19-8-10-21-31(29)40(36)47-41/h1-25H. The molecule has 2 aliphatic rings. The van der Waals surface area contributed by atoms with Gasteiger partial charge < -0.3 is 13.7 Å². The zero-order chi connectivity index (χ0) is 30.6. The topological polar surface area (TPSA) is 32.8 Å². The van der Waals surface area contributed by atoms with Crippen molar-refractivity contribution in [1.82, 2.24) is 0 Å². The average Bonchev–Trinajstić information content (AvgIpc) is 3.72. The highest BCUT2D eigenvalue weighted by Gasteiger charge is 2.49. The minimum Gasteiger partial charge on any atom is -0.467 e. The number of para-hydroxylation sites is 3. The number of hydrogen-bond acceptors (Lipinski definition) is 4. The molecule has 0 amide bonds. The summed E-state index contributed by atoms with van der Waals surface area (Å²) in [4.78, 5) is 4.71. The van der Waals surface area contributed by atoms with Crippen LogP contribution < -0.4 is 26.4 Å². The Balaban J connectivity index is 1.36. The van der Waals surface area contributed by atoms with E-state index in [-0.39, 0.29) is 6.71 Å². The van der Waals surface area contributed by atoms with Gasteiger partial charge in [-0.25, -0.2) is 0 Å². The van der Waals surface area contributed by atoms with E-state index in [0.717, 1.165) is 72.8 Å². The second-order valence-corrected chi connectivity index (χ2v) is 12.4. The molecule has 0 N–H and O–H groups in total. The van der Waals surface area contributed by atoms with Gasteiger partial charge in [0.1, 0.15) is 16.8 Å². The SMILES string of the molecule is c1ccc(N2c3cccc4c3B(c3oc5c6ccccc6c6ccccc6c5c3N4c3ccccc3)c3c2oc2ccccc32)cc1. The summed E-state index contributed by atoms with van der Waals surface area (Å²) in [6.45, 7) is -0.181. The summed E-state index contributed by atoms with van der Waals surface area (Å²) >= 11 is 0. The van der Waals surface area contributed by atoms with Crippen LogP contribution in [0.5, 0.6) is 0 Å². The first-order valence-electron chi connectivity index (χ1n) is 16.1. The van der Waals surface area contributed by atoms with Crippen LogP contribution in [0.4, 0.5) is 34.3 Å². The number of hydrogen-bond donors (Lipinski definition) is 0. The zero-order valence-corrected chi connectivity index (χ0v) is 25.2. The predicted molar refractivity (Wildman–Crippen MR) is 195 cm³/mol. The Morgan fingerprint density at radius 1 is 0.426 bits per heavy atom. The average molecular weight is 600 g/mol. The molecule has 7 aromatic carbocycles. The third-order valence-electron chi connectivity index (χ3n) is 10.0. The molecule has 0 atom stereocenters. The van der Waals surface area contributed by atoms with E-state index >= 15 is 0 Å². The van der Waals surface area contributed by atoms with Crippen molar-refractivity contribution in [3.05, 3.63) is 152 Å². The summed E-state index contributed by atoms with van der Waals surface area (Å²) in [5, 5.41) is 6.95. The van der Waals surface area contributed by atoms with Crippen LogP contribution in [0.1, 0.15) is 0 Å². The number of furan rings is 2. The van der Waals surface area contributed by atoms with Crippen LogP contribution in [0.3, 0.4) is 0 Å². The minimum absolute atomic E-state index is 0.181. The fraction of sp³-hybridized carbons (Fsp3) is 0. The zero-order valence-electron chi connectivity index (χ0n) is 25.2. The van der Waals surface area contributed by atoms with Gasteiger partial charge in [-0.2, -0.15) is 0 Å². The van der Waals surface area contributed by atoms with Crippen LogP contribution in [0.15, 0.2) is 160 Å². The molecule has 0 unspecified atom stereocenters. The molecule has 11 rings (SSSR count). The van der Waals surface area contributed by atoms with E-state index in [4.69, 9.17) is 8.83 Å². The molecule has 4 heterocycles. The molecule has 218 valence electrons. The van der Waals surface area contributed by atoms with E-state index in [1.54, 1.807) is 0 Å². The lowest BCUT2D eigenvalue weighted by molar-refractivity contribution is 0.622. The van der Waals surface area contributed by atoms with Gasteiger partial charge >= 0.3 is 6.71 Å². The Labute approximate surface area is 270 Å². The lowest BCUT2D eigenvalue weighted by Crippen LogP contribution is -2.60. The van der Waals surface area contributed by atoms with Gasteiger partial charge in [-0.05, 0) is 64.1 Å². The molecule has 0 saturated heterocycles. The van der Waals surface area contributed by atoms with Gasteiger partial charge in [0.05, 0.1) is 11.1 Å². The normalized spacial score (nSPS) is 13.4. The summed E-state index contributed by atoms with van der Waals surface area (Å²) in [5.74, 6) is 0.835. The maximum Gasteiger partial charge on any atom is 0.302 e. The summed E-state index contributed by atoms with van der Waals surface area (Å²) in [5.41, 5.74) is 10.5. The number of nitrogens with zero attached hydrogens (tertiary/aromatic N) is 2. The van der Waals surface area contributed by atoms with Crippen LogP contribution in [-0.4, -0.2) is 6.71 Å². The van der Waals surface area contributed by atoms with E-state index in [2.05, 4.69) is 155 Å². The number of benzene rings is 7. The molecule has 2 aliphatic heterocycles. The summed E-state index contributed by atoms with van der Waals surface area (Å²) < 4.78 is 14.1. The fourth-order valence-corrected chi connectivity index (χ4v) is 8.19. The largest absolute Gasteiger partial charge is 0.467 e. The van der Waals surface area contributed by atoms with Crippen LogP contribution >= 0.6 is 0 Å². The molecule has 0 aliphatic carbocycles. The van der Waals surface area contributed by atoms with Crippen molar-refractivity contribution < 1.29 is 8.83 Å². The van der Waals surface area contributed by atoms with Gasteiger partial charge in [-0.3, -0.25) is 4.90 Å². The van der Waals surface area contributed by atoms with Crippen LogP contribution in [-0.2, 0) is 0 Å². The minimum atomic E-state index is -0.181. The number of rotatable bonds is 2. The van der Waals surface area contributed by atoms with Crippen LogP contribution in [0.25, 0.3) is 43.5 Å². The lowest BCUT2D eigenvalue weighted by Gasteiger charge is -2.40. The van der Waals surface area contributed by atoms with Crippen molar-refractivity contribution in [2.75, 3.05) is 9.80 Å². The van der Waals surface area contributed by atoms with E-state index in [0.29, 0.717) is 0 Å². The molecule has 2 aromatic heterocycles. The maximum absolute atomic E-state index is 7.33. The van der Waals surface area contributed by atoms with Gasteiger partial charge in [-0.15, -0.1) is 0 Å². The summed E-state index contributed by atoms with van der Waals surface area (Å²) in [7, 11) is 0. The number of anilines is 6. The van der Waals surface area contributed by atoms with Gasteiger partial charge in [0.25, 0.3) is 0 Å². The maximum atomic E-state index is 7.33. The van der Waals surface area contributed by atoms with Crippen molar-refractivity contribution in [2.24, 2.45) is 0 Å². The van der Waals surface area contributed by atoms with E-state index in [9.17, 15) is 0 Å². The van der Waals surface area contributed by atoms with Crippen molar-refractivity contribution in [2.45, 2.75) is 0 Å². The highest BCUT2D eigenvalue weighted by molar-refractivity contribution is 7.01. The molecular formula is C42H25BN2O2. The van der Waals surface area contributed by atoms with E-state index < -0.39 is 0 Å². The lowest BCUT2D eigenvalue weighted by atomic mass is 9.35. The Hall–Kier alpha value is -6.20. The van der Waals surface area contributed by atoms with Gasteiger partial charge in [0.2, 0.25) is 5.88 Å². The first-order valence-corrected chi connectivity index (χ1v) is 16.1. The third kappa shape index (κ3) is 3.23. The van der Waals surface area contributed by atoms with Crippen molar-refractivity contribution in [3.8, 4) is 0 Å². The van der Waals surface area contributed by atoms with Crippen LogP contribution in [0, 0.1) is 0 Å². The van der Waals surface area contributed by atoms with Crippen molar-refractivity contribution in [1.29, 1.82) is 0 Å². The van der Waals surface area contributed by atoms with E-state index in [1.165, 1.54) is 21.6 Å². The molecule has 0 radical (unpaired) electrons. The second-order valence-electron chi connectivity index (χ2n) is 12.4. The Kier molecular flexibility index (Phi) is 4.89. The van der Waals surface area contributed by atoms with Crippen molar-refractivity contribution >= 4 is 101 Å². The fourth-order valence-electron chi connectivity index (χ4n) is 8.19. The van der Waals surface area contributed by atoms with Gasteiger partial charge in [-0.1, -0.05) is 109 Å². The van der Waals surface area contributed by atoms with Crippen LogP contribution in [0.2, 0.25) is 0 Å². The summed E-state index contributed by atoms with van der Waals surface area (Å²) in [6, 6.07) is 53.7. The van der Waals surface area contributed by atoms with Gasteiger partial charge in [0, 0.05) is 39.0 Å². The molecular weight excluding hydrogens is 575 g/mol. The van der Waals surface area contributed by atoms with Crippen molar-refractivity contribution in [3.63, 3.8) is 0 Å². The smallest absolute Gasteiger partial charge is 0.302 e. The Bertz CT molecular complexity index is 2710. The molecule has 0 bridgehead atoms. The monoisotopic (exact) mass is 600 g/mol. The predicted octanol–water partition coefficient (Wildman–Crippen LogP) is 9.57. The third-order valence-corrected chi connectivity index (χ3v) is 10.0. The quantitative estimate of drug-likeness (QED) is 0.146. The molecule has 0 spiro atoms. The molecule has 9 aromatic rings. The summed E-state index contributed by atoms with van der Waals surface area (Å²) in [6.07, 6.45) is 0. The Morgan fingerprint density at radius 3 is 1.70 bits per heavy atom. The highest BCUT2D eigenvalue weighted by Crippen LogP contribution is 2.50. The second kappa shape index (κ2) is 9.18. The van der Waals surface area contributed by atoms with E-state index in [1.807, 2.05) is 6.07 Å². The highest BCUT2D eigenvalue weighted by atomic mass is 16.4. The first-order chi connectivity index (χ1) is 23.4. The molecule has 47 heavy (non-hydrogen) atoms. The molecule has 0 fully saturated rings. The molecule has 4 nitrogen and oxygen atoms in total. The number of fused-ring (bicyclic) bond motifs is 13. The van der Waals surface area contributed by atoms with Gasteiger partial charge in [0.15, 0.2) is 0 Å². The first kappa shape index (κ1) is 25.0. The molecule has 0 saturated carbocycles. The molecule has 5 heteroatoms. The Morgan fingerprint density at radius 2 is 0.979 bits per heavy atom.